The molecule has 0 spiro atoms. The Bertz CT molecular complexity index is 703. The highest BCUT2D eigenvalue weighted by atomic mass is 127. The number of rotatable bonds is 3. The van der Waals surface area contributed by atoms with Gasteiger partial charge in [-0.25, -0.2) is 4.39 Å². The summed E-state index contributed by atoms with van der Waals surface area (Å²) in [5, 5.41) is 0.232. The van der Waals surface area contributed by atoms with Crippen molar-refractivity contribution in [2.24, 2.45) is 0 Å². The summed E-state index contributed by atoms with van der Waals surface area (Å²) in [5.74, 6) is -0.558. The molecule has 7 heteroatoms. The van der Waals surface area contributed by atoms with Crippen LogP contribution < -0.4 is 0 Å². The molecule has 0 aliphatic heterocycles. The van der Waals surface area contributed by atoms with Gasteiger partial charge in [0, 0.05) is 15.2 Å². The zero-order valence-corrected chi connectivity index (χ0v) is 12.3. The quantitative estimate of drug-likeness (QED) is 0.606. The molecular weight excluding hydrogens is 372 g/mol. The van der Waals surface area contributed by atoms with Crippen molar-refractivity contribution in [3.8, 4) is 0 Å². The van der Waals surface area contributed by atoms with E-state index >= 15 is 0 Å². The summed E-state index contributed by atoms with van der Waals surface area (Å²) in [7, 11) is -3.88. The topological polar surface area (TPSA) is 56.3 Å². The molecule has 1 heterocycles. The fourth-order valence-electron chi connectivity index (χ4n) is 1.57. The van der Waals surface area contributed by atoms with Crippen LogP contribution in [0.25, 0.3) is 10.9 Å². The van der Waals surface area contributed by atoms with Gasteiger partial charge in [0.25, 0.3) is 10.1 Å². The van der Waals surface area contributed by atoms with Gasteiger partial charge in [-0.2, -0.15) is 8.42 Å². The number of fused-ring (bicyclic) bond motifs is 1. The summed E-state index contributed by atoms with van der Waals surface area (Å²) < 4.78 is 42.8. The molecule has 0 amide bonds. The maximum Gasteiger partial charge on any atom is 0.297 e. The predicted octanol–water partition coefficient (Wildman–Crippen LogP) is 2.70. The third-order valence-electron chi connectivity index (χ3n) is 2.27. The zero-order chi connectivity index (χ0) is 13.3. The van der Waals surface area contributed by atoms with Crippen LogP contribution in [0, 0.1) is 9.39 Å². The van der Waals surface area contributed by atoms with Crippen molar-refractivity contribution < 1.29 is 17.0 Å². The van der Waals surface area contributed by atoms with E-state index in [-0.39, 0.29) is 22.4 Å². The number of hydrogen-bond acceptors (Lipinski definition) is 4. The van der Waals surface area contributed by atoms with Crippen LogP contribution in [-0.2, 0) is 14.3 Å². The Morgan fingerprint density at radius 1 is 1.44 bits per heavy atom. The largest absolute Gasteiger partial charge is 0.297 e. The minimum atomic E-state index is -3.88. The summed E-state index contributed by atoms with van der Waals surface area (Å²) in [6, 6.07) is 3.84. The van der Waals surface area contributed by atoms with Crippen LogP contribution in [0.3, 0.4) is 0 Å². The highest BCUT2D eigenvalue weighted by Crippen LogP contribution is 2.26. The molecule has 18 heavy (non-hydrogen) atoms. The molecule has 0 N–H and O–H groups in total. The van der Waals surface area contributed by atoms with Gasteiger partial charge in [0.05, 0.1) is 6.61 Å². The second-order valence-electron chi connectivity index (χ2n) is 3.46. The van der Waals surface area contributed by atoms with Crippen LogP contribution in [0.1, 0.15) is 6.92 Å². The molecular formula is C11H9FINO3S. The Morgan fingerprint density at radius 2 is 2.17 bits per heavy atom. The molecule has 0 saturated carbocycles. The minimum absolute atomic E-state index is 0.0243. The molecule has 0 aliphatic rings. The standard InChI is InChI=1S/C11H9FINO3S/c1-2-17-18(15,16)10-4-3-9(12)11-8(10)5-7(13)6-14-11/h3-6H,2H2,1H3. The summed E-state index contributed by atoms with van der Waals surface area (Å²) >= 11 is 1.99. The van der Waals surface area contributed by atoms with E-state index in [0.29, 0.717) is 0 Å². The lowest BCUT2D eigenvalue weighted by molar-refractivity contribution is 0.338. The maximum atomic E-state index is 13.6. The first-order valence-electron chi connectivity index (χ1n) is 5.09. The average molecular weight is 381 g/mol. The molecule has 2 rings (SSSR count). The van der Waals surface area contributed by atoms with E-state index in [0.717, 1.165) is 9.64 Å². The Labute approximate surface area is 117 Å². The van der Waals surface area contributed by atoms with Crippen LogP contribution >= 0.6 is 22.6 Å². The molecule has 0 aliphatic carbocycles. The van der Waals surface area contributed by atoms with Gasteiger partial charge in [-0.1, -0.05) is 0 Å². The highest BCUT2D eigenvalue weighted by molar-refractivity contribution is 14.1. The smallest absolute Gasteiger partial charge is 0.267 e. The Hall–Kier alpha value is -0.800. The van der Waals surface area contributed by atoms with Crippen LogP contribution in [0.15, 0.2) is 29.3 Å². The van der Waals surface area contributed by atoms with Gasteiger partial charge < -0.3 is 0 Å². The van der Waals surface area contributed by atoms with E-state index in [4.69, 9.17) is 4.18 Å². The van der Waals surface area contributed by atoms with E-state index in [1.165, 1.54) is 12.3 Å². The summed E-state index contributed by atoms with van der Waals surface area (Å²) in [6.07, 6.45) is 1.48. The second kappa shape index (κ2) is 5.06. The van der Waals surface area contributed by atoms with E-state index in [2.05, 4.69) is 4.98 Å². The third-order valence-corrected chi connectivity index (χ3v) is 4.30. The Balaban J connectivity index is 2.80. The first kappa shape index (κ1) is 13.6. The molecule has 0 atom stereocenters. The molecule has 1 aromatic carbocycles. The molecule has 4 nitrogen and oxygen atoms in total. The molecule has 2 aromatic rings. The van der Waals surface area contributed by atoms with Crippen LogP contribution in [-0.4, -0.2) is 20.0 Å². The van der Waals surface area contributed by atoms with E-state index in [1.54, 1.807) is 13.0 Å². The van der Waals surface area contributed by atoms with Crippen molar-refractivity contribution >= 4 is 43.6 Å². The van der Waals surface area contributed by atoms with Gasteiger partial charge in [-0.15, -0.1) is 0 Å². The summed E-state index contributed by atoms with van der Waals surface area (Å²) in [4.78, 5) is 3.85. The van der Waals surface area contributed by atoms with E-state index in [9.17, 15) is 12.8 Å². The number of halogens is 2. The molecule has 0 radical (unpaired) electrons. The molecule has 0 fully saturated rings. The third kappa shape index (κ3) is 2.47. The fourth-order valence-corrected chi connectivity index (χ4v) is 3.12. The first-order valence-corrected chi connectivity index (χ1v) is 7.57. The monoisotopic (exact) mass is 381 g/mol. The van der Waals surface area contributed by atoms with Crippen LogP contribution in [0.2, 0.25) is 0 Å². The van der Waals surface area contributed by atoms with Crippen LogP contribution in [0.4, 0.5) is 4.39 Å². The van der Waals surface area contributed by atoms with Crippen molar-refractivity contribution in [3.63, 3.8) is 0 Å². The number of pyridine rings is 1. The predicted molar refractivity (Wildman–Crippen MR) is 73.2 cm³/mol. The van der Waals surface area contributed by atoms with Crippen molar-refractivity contribution in [3.05, 3.63) is 33.8 Å². The molecule has 0 bridgehead atoms. The van der Waals surface area contributed by atoms with Gasteiger partial charge >= 0.3 is 0 Å². The lowest BCUT2D eigenvalue weighted by Crippen LogP contribution is -2.07. The normalized spacial score (nSPS) is 11.9. The maximum absolute atomic E-state index is 13.6. The number of aromatic nitrogens is 1. The minimum Gasteiger partial charge on any atom is -0.267 e. The van der Waals surface area contributed by atoms with E-state index in [1.807, 2.05) is 22.6 Å². The summed E-state index contributed by atoms with van der Waals surface area (Å²) in [6.45, 7) is 1.60. The van der Waals surface area contributed by atoms with Gasteiger partial charge in [-0.3, -0.25) is 9.17 Å². The molecule has 1 aromatic heterocycles. The zero-order valence-electron chi connectivity index (χ0n) is 9.35. The lowest BCUT2D eigenvalue weighted by Gasteiger charge is -2.07. The van der Waals surface area contributed by atoms with E-state index < -0.39 is 15.9 Å². The highest BCUT2D eigenvalue weighted by Gasteiger charge is 2.20. The van der Waals surface area contributed by atoms with Crippen molar-refractivity contribution in [2.45, 2.75) is 11.8 Å². The first-order chi connectivity index (χ1) is 8.45. The molecule has 0 unspecified atom stereocenters. The lowest BCUT2D eigenvalue weighted by atomic mass is 10.2. The Morgan fingerprint density at radius 3 is 2.83 bits per heavy atom. The van der Waals surface area contributed by atoms with Crippen molar-refractivity contribution in [1.82, 2.24) is 4.98 Å². The average Bonchev–Trinajstić information content (AvgIpc) is 2.28. The van der Waals surface area contributed by atoms with Gasteiger partial charge in [0.1, 0.15) is 16.2 Å². The number of nitrogens with zero attached hydrogens (tertiary/aromatic N) is 1. The number of hydrogen-bond donors (Lipinski definition) is 0. The van der Waals surface area contributed by atoms with Crippen molar-refractivity contribution in [1.29, 1.82) is 0 Å². The SMILES string of the molecule is CCOS(=O)(=O)c1ccc(F)c2ncc(I)cc12. The number of benzene rings is 1. The fraction of sp³-hybridized carbons (Fsp3) is 0.182. The van der Waals surface area contributed by atoms with Gasteiger partial charge in [0.15, 0.2) is 0 Å². The Kier molecular flexibility index (Phi) is 3.83. The van der Waals surface area contributed by atoms with Crippen LogP contribution in [0.5, 0.6) is 0 Å². The van der Waals surface area contributed by atoms with Gasteiger partial charge in [0.2, 0.25) is 0 Å². The molecule has 96 valence electrons. The summed E-state index contributed by atoms with van der Waals surface area (Å²) in [5.41, 5.74) is 0.0243. The second-order valence-corrected chi connectivity index (χ2v) is 6.29. The van der Waals surface area contributed by atoms with Crippen molar-refractivity contribution in [2.75, 3.05) is 6.61 Å². The van der Waals surface area contributed by atoms with Gasteiger partial charge in [-0.05, 0) is 47.7 Å². The molecule has 0 saturated heterocycles.